The number of hydrogen-bond donors (Lipinski definition) is 0. The van der Waals surface area contributed by atoms with Gasteiger partial charge < -0.3 is 4.90 Å². The van der Waals surface area contributed by atoms with Crippen molar-refractivity contribution in [2.24, 2.45) is 0 Å². The SMILES string of the molecule is O=C(c1ccc(Cl)cc1)N1CCCC2=C1CCc1cc(Cl)ccc12. The molecule has 2 nitrogen and oxygen atoms in total. The molecule has 1 heterocycles. The molecule has 0 saturated heterocycles. The zero-order valence-corrected chi connectivity index (χ0v) is 14.7. The van der Waals surface area contributed by atoms with E-state index in [9.17, 15) is 4.79 Å². The molecule has 122 valence electrons. The third-order valence-electron chi connectivity index (χ3n) is 4.84. The summed E-state index contributed by atoms with van der Waals surface area (Å²) in [5.41, 5.74) is 5.73. The maximum atomic E-state index is 13.0. The van der Waals surface area contributed by atoms with Crippen LogP contribution in [0.25, 0.3) is 5.57 Å². The summed E-state index contributed by atoms with van der Waals surface area (Å²) in [6.07, 6.45) is 3.83. The van der Waals surface area contributed by atoms with E-state index in [-0.39, 0.29) is 5.91 Å². The highest BCUT2D eigenvalue weighted by molar-refractivity contribution is 6.31. The lowest BCUT2D eigenvalue weighted by atomic mass is 9.83. The standard InChI is InChI=1S/C20H17Cl2NO/c21-15-6-3-13(4-7-15)20(24)23-11-1-2-18-17-9-8-16(22)12-14(17)5-10-19(18)23/h3-4,6-9,12H,1-2,5,10-11H2. The average Bonchev–Trinajstić information content (AvgIpc) is 2.60. The Morgan fingerprint density at radius 1 is 0.917 bits per heavy atom. The molecule has 1 aliphatic carbocycles. The van der Waals surface area contributed by atoms with E-state index in [1.807, 2.05) is 11.0 Å². The number of halogens is 2. The molecule has 0 spiro atoms. The minimum absolute atomic E-state index is 0.0660. The van der Waals surface area contributed by atoms with Gasteiger partial charge in [-0.2, -0.15) is 0 Å². The van der Waals surface area contributed by atoms with E-state index in [1.54, 1.807) is 24.3 Å². The van der Waals surface area contributed by atoms with Gasteiger partial charge in [0.2, 0.25) is 0 Å². The van der Waals surface area contributed by atoms with E-state index in [0.29, 0.717) is 10.6 Å². The number of aryl methyl sites for hydroxylation is 1. The van der Waals surface area contributed by atoms with Crippen LogP contribution in [0.3, 0.4) is 0 Å². The summed E-state index contributed by atoms with van der Waals surface area (Å²) in [4.78, 5) is 14.9. The Morgan fingerprint density at radius 2 is 1.67 bits per heavy atom. The van der Waals surface area contributed by atoms with Crippen molar-refractivity contribution in [3.05, 3.63) is 74.9 Å². The molecule has 2 aromatic carbocycles. The molecule has 0 aromatic heterocycles. The zero-order chi connectivity index (χ0) is 16.7. The number of nitrogens with zero attached hydrogens (tertiary/aromatic N) is 1. The van der Waals surface area contributed by atoms with Gasteiger partial charge in [-0.3, -0.25) is 4.79 Å². The van der Waals surface area contributed by atoms with Crippen LogP contribution in [-0.4, -0.2) is 17.4 Å². The third-order valence-corrected chi connectivity index (χ3v) is 5.33. The Kier molecular flexibility index (Phi) is 4.11. The van der Waals surface area contributed by atoms with Crippen molar-refractivity contribution in [3.63, 3.8) is 0 Å². The predicted molar refractivity (Wildman–Crippen MR) is 98.4 cm³/mol. The molecule has 2 aliphatic rings. The maximum absolute atomic E-state index is 13.0. The lowest BCUT2D eigenvalue weighted by molar-refractivity contribution is 0.0793. The van der Waals surface area contributed by atoms with Crippen molar-refractivity contribution < 1.29 is 4.79 Å². The Morgan fingerprint density at radius 3 is 2.46 bits per heavy atom. The summed E-state index contributed by atoms with van der Waals surface area (Å²) >= 11 is 12.1. The second kappa shape index (κ2) is 6.27. The minimum Gasteiger partial charge on any atom is -0.312 e. The topological polar surface area (TPSA) is 20.3 Å². The molecular formula is C20H17Cl2NO. The third kappa shape index (κ3) is 2.74. The summed E-state index contributed by atoms with van der Waals surface area (Å²) in [7, 11) is 0. The normalized spacial score (nSPS) is 16.7. The molecule has 0 saturated carbocycles. The van der Waals surface area contributed by atoms with Crippen LogP contribution in [0, 0.1) is 0 Å². The molecular weight excluding hydrogens is 341 g/mol. The van der Waals surface area contributed by atoms with Gasteiger partial charge in [0.05, 0.1) is 0 Å². The van der Waals surface area contributed by atoms with Crippen LogP contribution in [-0.2, 0) is 6.42 Å². The highest BCUT2D eigenvalue weighted by Gasteiger charge is 2.29. The predicted octanol–water partition coefficient (Wildman–Crippen LogP) is 5.59. The van der Waals surface area contributed by atoms with Gasteiger partial charge in [0.15, 0.2) is 0 Å². The van der Waals surface area contributed by atoms with Crippen LogP contribution in [0.15, 0.2) is 48.2 Å². The van der Waals surface area contributed by atoms with E-state index >= 15 is 0 Å². The second-order valence-electron chi connectivity index (χ2n) is 6.29. The van der Waals surface area contributed by atoms with Crippen LogP contribution in [0.4, 0.5) is 0 Å². The van der Waals surface area contributed by atoms with Gasteiger partial charge >= 0.3 is 0 Å². The Labute approximate surface area is 151 Å². The minimum atomic E-state index is 0.0660. The van der Waals surface area contributed by atoms with Gasteiger partial charge in [0.1, 0.15) is 0 Å². The lowest BCUT2D eigenvalue weighted by Gasteiger charge is -2.36. The van der Waals surface area contributed by atoms with E-state index in [4.69, 9.17) is 23.2 Å². The number of fused-ring (bicyclic) bond motifs is 2. The van der Waals surface area contributed by atoms with Gasteiger partial charge in [-0.05, 0) is 78.8 Å². The van der Waals surface area contributed by atoms with E-state index in [0.717, 1.165) is 37.3 Å². The second-order valence-corrected chi connectivity index (χ2v) is 7.17. The maximum Gasteiger partial charge on any atom is 0.258 e. The molecule has 0 unspecified atom stereocenters. The van der Waals surface area contributed by atoms with Crippen LogP contribution in [0.2, 0.25) is 10.0 Å². The van der Waals surface area contributed by atoms with Crippen LogP contribution in [0.1, 0.15) is 40.7 Å². The van der Waals surface area contributed by atoms with Crippen LogP contribution >= 0.6 is 23.2 Å². The molecule has 0 atom stereocenters. The summed E-state index contributed by atoms with van der Waals surface area (Å²) in [5, 5.41) is 1.43. The van der Waals surface area contributed by atoms with Crippen molar-refractivity contribution in [3.8, 4) is 0 Å². The first-order valence-corrected chi connectivity index (χ1v) is 8.97. The molecule has 4 heteroatoms. The number of carbonyl (C=O) groups excluding carboxylic acids is 1. The number of allylic oxidation sites excluding steroid dienone is 2. The zero-order valence-electron chi connectivity index (χ0n) is 13.2. The Bertz CT molecular complexity index is 839. The fraction of sp³-hybridized carbons (Fsp3) is 0.250. The quantitative estimate of drug-likeness (QED) is 0.651. The monoisotopic (exact) mass is 357 g/mol. The van der Waals surface area contributed by atoms with E-state index < -0.39 is 0 Å². The molecule has 0 fully saturated rings. The van der Waals surface area contributed by atoms with Crippen molar-refractivity contribution >= 4 is 34.7 Å². The summed E-state index contributed by atoms with van der Waals surface area (Å²) in [6, 6.07) is 13.2. The summed E-state index contributed by atoms with van der Waals surface area (Å²) < 4.78 is 0. The number of amides is 1. The van der Waals surface area contributed by atoms with E-state index in [1.165, 1.54) is 22.4 Å². The molecule has 0 N–H and O–H groups in total. The molecule has 1 amide bonds. The van der Waals surface area contributed by atoms with Crippen LogP contribution in [0.5, 0.6) is 0 Å². The highest BCUT2D eigenvalue weighted by Crippen LogP contribution is 2.40. The van der Waals surface area contributed by atoms with Gasteiger partial charge in [0, 0.05) is 27.9 Å². The number of benzene rings is 2. The molecule has 4 rings (SSSR count). The van der Waals surface area contributed by atoms with Crippen LogP contribution < -0.4 is 0 Å². The van der Waals surface area contributed by atoms with Gasteiger partial charge in [-0.15, -0.1) is 0 Å². The summed E-state index contributed by atoms with van der Waals surface area (Å²) in [5.74, 6) is 0.0660. The van der Waals surface area contributed by atoms with Gasteiger partial charge in [-0.25, -0.2) is 0 Å². The van der Waals surface area contributed by atoms with Crippen molar-refractivity contribution in [1.29, 1.82) is 0 Å². The highest BCUT2D eigenvalue weighted by atomic mass is 35.5. The van der Waals surface area contributed by atoms with Crippen molar-refractivity contribution in [2.45, 2.75) is 25.7 Å². The number of rotatable bonds is 1. The molecule has 0 bridgehead atoms. The number of hydrogen-bond acceptors (Lipinski definition) is 1. The Balaban J connectivity index is 1.73. The fourth-order valence-electron chi connectivity index (χ4n) is 3.72. The first-order valence-electron chi connectivity index (χ1n) is 8.22. The Hall–Kier alpha value is -1.77. The largest absolute Gasteiger partial charge is 0.312 e. The summed E-state index contributed by atoms with van der Waals surface area (Å²) in [6.45, 7) is 0.781. The van der Waals surface area contributed by atoms with Crippen molar-refractivity contribution in [2.75, 3.05) is 6.54 Å². The van der Waals surface area contributed by atoms with Gasteiger partial charge in [0.25, 0.3) is 5.91 Å². The number of carbonyl (C=O) groups is 1. The molecule has 1 aliphatic heterocycles. The first kappa shape index (κ1) is 15.7. The fourth-order valence-corrected chi connectivity index (χ4v) is 4.04. The van der Waals surface area contributed by atoms with Crippen molar-refractivity contribution in [1.82, 2.24) is 4.90 Å². The van der Waals surface area contributed by atoms with E-state index in [2.05, 4.69) is 12.1 Å². The first-order chi connectivity index (χ1) is 11.6. The average molecular weight is 358 g/mol. The molecule has 24 heavy (non-hydrogen) atoms. The smallest absolute Gasteiger partial charge is 0.258 e. The molecule has 0 radical (unpaired) electrons. The lowest BCUT2D eigenvalue weighted by Crippen LogP contribution is -2.36. The van der Waals surface area contributed by atoms with Gasteiger partial charge in [-0.1, -0.05) is 29.3 Å². The molecule has 2 aromatic rings.